The molecule has 142 valence electrons. The first-order chi connectivity index (χ1) is 13.0. The number of fused-ring (bicyclic) bond motifs is 3. The van der Waals surface area contributed by atoms with Crippen LogP contribution in [0.5, 0.6) is 0 Å². The molecule has 4 rings (SSSR count). The van der Waals surface area contributed by atoms with E-state index in [1.807, 2.05) is 23.6 Å². The van der Waals surface area contributed by atoms with E-state index in [-0.39, 0.29) is 11.8 Å². The molecular formula is C19H22N4OS3. The van der Waals surface area contributed by atoms with E-state index in [0.717, 1.165) is 34.2 Å². The van der Waals surface area contributed by atoms with Crippen molar-refractivity contribution in [2.75, 3.05) is 11.1 Å². The van der Waals surface area contributed by atoms with Gasteiger partial charge >= 0.3 is 0 Å². The van der Waals surface area contributed by atoms with Crippen LogP contribution in [0, 0.1) is 6.92 Å². The van der Waals surface area contributed by atoms with Gasteiger partial charge in [0.1, 0.15) is 15.7 Å². The summed E-state index contributed by atoms with van der Waals surface area (Å²) in [5, 5.41) is 7.60. The van der Waals surface area contributed by atoms with E-state index < -0.39 is 0 Å². The van der Waals surface area contributed by atoms with Crippen LogP contribution in [0.2, 0.25) is 0 Å². The van der Waals surface area contributed by atoms with Gasteiger partial charge in [-0.2, -0.15) is 0 Å². The van der Waals surface area contributed by atoms with Crippen molar-refractivity contribution in [3.05, 3.63) is 27.3 Å². The molecule has 0 aliphatic heterocycles. The first-order valence-corrected chi connectivity index (χ1v) is 11.9. The van der Waals surface area contributed by atoms with Crippen LogP contribution in [-0.2, 0) is 17.6 Å². The molecule has 0 unspecified atom stereocenters. The minimum Gasteiger partial charge on any atom is -0.301 e. The van der Waals surface area contributed by atoms with Crippen LogP contribution in [0.1, 0.15) is 54.6 Å². The number of hydrogen-bond donors (Lipinski definition) is 1. The second kappa shape index (κ2) is 7.85. The summed E-state index contributed by atoms with van der Waals surface area (Å²) in [7, 11) is 0. The number of carbonyl (C=O) groups is 1. The molecule has 27 heavy (non-hydrogen) atoms. The number of carbonyl (C=O) groups excluding carboxylic acids is 1. The smallest absolute Gasteiger partial charge is 0.236 e. The van der Waals surface area contributed by atoms with Gasteiger partial charge in [0.15, 0.2) is 5.13 Å². The SMILES string of the molecule is Cc1csc(NC(=O)CSc2nc(C(C)C)nc3sc4c(c23)CCCC4)n1. The van der Waals surface area contributed by atoms with Crippen LogP contribution in [-0.4, -0.2) is 26.6 Å². The first kappa shape index (κ1) is 18.8. The number of aromatic nitrogens is 3. The fraction of sp³-hybridized carbons (Fsp3) is 0.474. The molecule has 0 aromatic carbocycles. The lowest BCUT2D eigenvalue weighted by molar-refractivity contribution is -0.113. The number of amides is 1. The van der Waals surface area contributed by atoms with Gasteiger partial charge in [0, 0.05) is 21.6 Å². The van der Waals surface area contributed by atoms with Gasteiger partial charge in [-0.15, -0.1) is 22.7 Å². The van der Waals surface area contributed by atoms with Crippen LogP contribution in [0.4, 0.5) is 5.13 Å². The Hall–Kier alpha value is -1.51. The zero-order valence-electron chi connectivity index (χ0n) is 15.7. The minimum absolute atomic E-state index is 0.0451. The molecule has 0 spiro atoms. The maximum absolute atomic E-state index is 12.4. The van der Waals surface area contributed by atoms with Gasteiger partial charge in [-0.1, -0.05) is 25.6 Å². The van der Waals surface area contributed by atoms with Crippen molar-refractivity contribution < 1.29 is 4.79 Å². The van der Waals surface area contributed by atoms with Gasteiger partial charge in [0.25, 0.3) is 0 Å². The lowest BCUT2D eigenvalue weighted by atomic mass is 9.97. The van der Waals surface area contributed by atoms with E-state index in [1.165, 1.54) is 51.8 Å². The Kier molecular flexibility index (Phi) is 5.48. The van der Waals surface area contributed by atoms with Crippen molar-refractivity contribution in [3.63, 3.8) is 0 Å². The summed E-state index contributed by atoms with van der Waals surface area (Å²) >= 11 is 4.78. The molecule has 1 aliphatic carbocycles. The zero-order valence-corrected chi connectivity index (χ0v) is 18.1. The van der Waals surface area contributed by atoms with Gasteiger partial charge < -0.3 is 5.32 Å². The second-order valence-corrected chi connectivity index (χ2v) is 9.97. The number of hydrogen-bond acceptors (Lipinski definition) is 7. The van der Waals surface area contributed by atoms with Gasteiger partial charge in [0.05, 0.1) is 11.4 Å². The number of nitrogens with one attached hydrogen (secondary N) is 1. The van der Waals surface area contributed by atoms with E-state index in [2.05, 4.69) is 24.1 Å². The Bertz CT molecular complexity index is 992. The van der Waals surface area contributed by atoms with Crippen molar-refractivity contribution in [2.45, 2.75) is 57.4 Å². The normalized spacial score (nSPS) is 13.9. The Labute approximate surface area is 171 Å². The molecule has 0 bridgehead atoms. The van der Waals surface area contributed by atoms with Crippen LogP contribution in [0.15, 0.2) is 10.4 Å². The lowest BCUT2D eigenvalue weighted by Crippen LogP contribution is -2.14. The Morgan fingerprint density at radius 1 is 1.26 bits per heavy atom. The van der Waals surface area contributed by atoms with Gasteiger partial charge in [-0.05, 0) is 38.2 Å². The standard InChI is InChI=1S/C19H22N4OS3/c1-10(2)16-22-17(25-9-14(24)21-19-20-11(3)8-26-19)15-12-6-4-5-7-13(12)27-18(15)23-16/h8,10H,4-7,9H2,1-3H3,(H,20,21,24). The van der Waals surface area contributed by atoms with Crippen molar-refractivity contribution in [2.24, 2.45) is 0 Å². The number of aryl methyl sites for hydroxylation is 3. The fourth-order valence-electron chi connectivity index (χ4n) is 3.20. The molecule has 1 amide bonds. The van der Waals surface area contributed by atoms with E-state index in [9.17, 15) is 4.79 Å². The third-order valence-electron chi connectivity index (χ3n) is 4.52. The van der Waals surface area contributed by atoms with Crippen LogP contribution in [0.3, 0.4) is 0 Å². The Morgan fingerprint density at radius 2 is 2.07 bits per heavy atom. The van der Waals surface area contributed by atoms with Gasteiger partial charge in [-0.3, -0.25) is 4.79 Å². The minimum atomic E-state index is -0.0451. The van der Waals surface area contributed by atoms with Crippen LogP contribution < -0.4 is 5.32 Å². The Balaban J connectivity index is 1.61. The predicted molar refractivity (Wildman–Crippen MR) is 114 cm³/mol. The molecule has 8 heteroatoms. The quantitative estimate of drug-likeness (QED) is 0.456. The summed E-state index contributed by atoms with van der Waals surface area (Å²) in [5.41, 5.74) is 2.34. The number of anilines is 1. The van der Waals surface area contributed by atoms with Crippen LogP contribution >= 0.6 is 34.4 Å². The molecule has 1 aliphatic rings. The third kappa shape index (κ3) is 4.02. The topological polar surface area (TPSA) is 67.8 Å². The zero-order chi connectivity index (χ0) is 19.0. The number of thioether (sulfide) groups is 1. The predicted octanol–water partition coefficient (Wildman–Crippen LogP) is 5.19. The number of thiophene rings is 1. The number of nitrogens with zero attached hydrogens (tertiary/aromatic N) is 3. The molecule has 0 fully saturated rings. The molecule has 0 radical (unpaired) electrons. The highest BCUT2D eigenvalue weighted by molar-refractivity contribution is 8.00. The van der Waals surface area contributed by atoms with E-state index in [1.54, 1.807) is 0 Å². The highest BCUT2D eigenvalue weighted by Crippen LogP contribution is 2.40. The van der Waals surface area contributed by atoms with Crippen molar-refractivity contribution in [1.82, 2.24) is 15.0 Å². The van der Waals surface area contributed by atoms with Gasteiger partial charge in [-0.25, -0.2) is 15.0 Å². The van der Waals surface area contributed by atoms with E-state index in [4.69, 9.17) is 9.97 Å². The largest absolute Gasteiger partial charge is 0.301 e. The van der Waals surface area contributed by atoms with Gasteiger partial charge in [0.2, 0.25) is 5.91 Å². The summed E-state index contributed by atoms with van der Waals surface area (Å²) in [5.74, 6) is 1.41. The van der Waals surface area contributed by atoms with E-state index in [0.29, 0.717) is 10.9 Å². The monoisotopic (exact) mass is 418 g/mol. The van der Waals surface area contributed by atoms with E-state index >= 15 is 0 Å². The average Bonchev–Trinajstić information content (AvgIpc) is 3.22. The summed E-state index contributed by atoms with van der Waals surface area (Å²) < 4.78 is 0. The highest BCUT2D eigenvalue weighted by Gasteiger charge is 2.22. The van der Waals surface area contributed by atoms with Crippen molar-refractivity contribution >= 4 is 55.7 Å². The first-order valence-electron chi connectivity index (χ1n) is 9.18. The lowest BCUT2D eigenvalue weighted by Gasteiger charge is -2.12. The number of thiazole rings is 1. The fourth-order valence-corrected chi connectivity index (χ4v) is 6.10. The molecule has 3 heterocycles. The highest BCUT2D eigenvalue weighted by atomic mass is 32.2. The molecule has 1 N–H and O–H groups in total. The Morgan fingerprint density at radius 3 is 2.81 bits per heavy atom. The van der Waals surface area contributed by atoms with Crippen LogP contribution in [0.25, 0.3) is 10.2 Å². The second-order valence-electron chi connectivity index (χ2n) is 7.06. The molecule has 0 atom stereocenters. The maximum atomic E-state index is 12.4. The maximum Gasteiger partial charge on any atom is 0.236 e. The average molecular weight is 419 g/mol. The molecule has 0 saturated carbocycles. The van der Waals surface area contributed by atoms with Crippen molar-refractivity contribution in [1.29, 1.82) is 0 Å². The summed E-state index contributed by atoms with van der Waals surface area (Å²) in [6, 6.07) is 0. The molecule has 3 aromatic heterocycles. The molecular weight excluding hydrogens is 396 g/mol. The summed E-state index contributed by atoms with van der Waals surface area (Å²) in [4.78, 5) is 28.9. The molecule has 3 aromatic rings. The summed E-state index contributed by atoms with van der Waals surface area (Å²) in [6.07, 6.45) is 4.71. The third-order valence-corrected chi connectivity index (χ3v) is 7.56. The molecule has 0 saturated heterocycles. The molecule has 5 nitrogen and oxygen atoms in total. The number of rotatable bonds is 5. The van der Waals surface area contributed by atoms with Crippen molar-refractivity contribution in [3.8, 4) is 0 Å². The summed E-state index contributed by atoms with van der Waals surface area (Å²) in [6.45, 7) is 6.15.